The number of pyridine rings is 1. The van der Waals surface area contributed by atoms with Crippen LogP contribution in [0.15, 0.2) is 65.3 Å². The van der Waals surface area contributed by atoms with Crippen molar-refractivity contribution < 1.29 is 4.79 Å². The van der Waals surface area contributed by atoms with Gasteiger partial charge in [-0.25, -0.2) is 4.98 Å². The molecule has 0 saturated carbocycles. The van der Waals surface area contributed by atoms with Crippen molar-refractivity contribution in [3.63, 3.8) is 0 Å². The molecule has 4 aromatic rings. The van der Waals surface area contributed by atoms with Crippen LogP contribution in [0.3, 0.4) is 0 Å². The van der Waals surface area contributed by atoms with Crippen molar-refractivity contribution in [2.24, 2.45) is 0 Å². The van der Waals surface area contributed by atoms with Gasteiger partial charge < -0.3 is 5.32 Å². The number of hydrogen-bond donors (Lipinski definition) is 1. The maximum Gasteiger partial charge on any atom is 0.236 e. The van der Waals surface area contributed by atoms with Gasteiger partial charge in [0, 0.05) is 11.9 Å². The monoisotopic (exact) mass is 461 g/mol. The predicted molar refractivity (Wildman–Crippen MR) is 118 cm³/mol. The molecule has 0 aliphatic heterocycles. The van der Waals surface area contributed by atoms with Crippen LogP contribution < -0.4 is 5.32 Å². The Balaban J connectivity index is 1.55. The topological polar surface area (TPSA) is 72.7 Å². The molecule has 0 atom stereocenters. The Kier molecular flexibility index (Phi) is 6.15. The number of carbonyl (C=O) groups excluding carboxylic acids is 1. The highest BCUT2D eigenvalue weighted by molar-refractivity contribution is 7.99. The zero-order valence-corrected chi connectivity index (χ0v) is 17.9. The fraction of sp³-hybridized carbons (Fsp3) is 0.0526. The molecule has 1 aromatic carbocycles. The lowest BCUT2D eigenvalue weighted by Crippen LogP contribution is -2.15. The number of carbonyl (C=O) groups is 1. The average molecular weight is 462 g/mol. The zero-order valence-electron chi connectivity index (χ0n) is 14.8. The van der Waals surface area contributed by atoms with Gasteiger partial charge in [0.25, 0.3) is 0 Å². The van der Waals surface area contributed by atoms with E-state index in [1.807, 2.05) is 52.4 Å². The van der Waals surface area contributed by atoms with Gasteiger partial charge in [-0.1, -0.05) is 59.2 Å². The Morgan fingerprint density at radius 3 is 2.69 bits per heavy atom. The van der Waals surface area contributed by atoms with Crippen LogP contribution in [0, 0.1) is 0 Å². The van der Waals surface area contributed by atoms with Crippen LogP contribution in [-0.2, 0) is 4.79 Å². The predicted octanol–water partition coefficient (Wildman–Crippen LogP) is 5.43. The van der Waals surface area contributed by atoms with Gasteiger partial charge in [-0.2, -0.15) is 0 Å². The summed E-state index contributed by atoms with van der Waals surface area (Å²) in [5.41, 5.74) is 0.922. The van der Waals surface area contributed by atoms with Gasteiger partial charge >= 0.3 is 0 Å². The number of amides is 1. The number of anilines is 1. The van der Waals surface area contributed by atoms with Gasteiger partial charge in [0.1, 0.15) is 0 Å². The van der Waals surface area contributed by atoms with E-state index < -0.39 is 0 Å². The third-order valence-electron chi connectivity index (χ3n) is 3.79. The van der Waals surface area contributed by atoms with E-state index in [0.29, 0.717) is 10.2 Å². The molecule has 0 aliphatic rings. The number of nitrogens with one attached hydrogen (secondary N) is 1. The van der Waals surface area contributed by atoms with Crippen molar-refractivity contribution in [2.45, 2.75) is 5.16 Å². The van der Waals surface area contributed by atoms with Crippen LogP contribution in [0.25, 0.3) is 16.4 Å². The number of thiophene rings is 1. The summed E-state index contributed by atoms with van der Waals surface area (Å²) in [5.74, 6) is 0.866. The first-order valence-electron chi connectivity index (χ1n) is 8.40. The number of halogens is 2. The van der Waals surface area contributed by atoms with Crippen molar-refractivity contribution in [1.82, 2.24) is 19.7 Å². The van der Waals surface area contributed by atoms with Crippen molar-refractivity contribution in [3.05, 3.63) is 70.2 Å². The number of rotatable bonds is 6. The molecule has 0 fully saturated rings. The second kappa shape index (κ2) is 8.96. The molecule has 0 radical (unpaired) electrons. The van der Waals surface area contributed by atoms with Crippen LogP contribution in [0.1, 0.15) is 0 Å². The SMILES string of the molecule is O=C(CSc1nnc(-c2cccs2)n1-c1ccccc1)Nc1ncc(Cl)cc1Cl. The summed E-state index contributed by atoms with van der Waals surface area (Å²) < 4.78 is 1.94. The van der Waals surface area contributed by atoms with Crippen LogP contribution in [0.5, 0.6) is 0 Å². The lowest BCUT2D eigenvalue weighted by molar-refractivity contribution is -0.113. The van der Waals surface area contributed by atoms with E-state index in [-0.39, 0.29) is 22.5 Å². The molecule has 0 saturated heterocycles. The Bertz CT molecular complexity index is 1130. The molecule has 0 spiro atoms. The second-order valence-electron chi connectivity index (χ2n) is 5.78. The highest BCUT2D eigenvalue weighted by Gasteiger charge is 2.18. The summed E-state index contributed by atoms with van der Waals surface area (Å²) in [6.07, 6.45) is 1.43. The van der Waals surface area contributed by atoms with Gasteiger partial charge in [-0.15, -0.1) is 21.5 Å². The van der Waals surface area contributed by atoms with Gasteiger partial charge in [0.05, 0.1) is 20.7 Å². The minimum atomic E-state index is -0.257. The standard InChI is InChI=1S/C19H13Cl2N5OS2/c20-12-9-14(21)17(22-10-12)23-16(27)11-29-19-25-24-18(15-7-4-8-28-15)26(19)13-5-2-1-3-6-13/h1-10H,11H2,(H,22,23,27). The van der Waals surface area contributed by atoms with E-state index in [9.17, 15) is 4.79 Å². The smallest absolute Gasteiger partial charge is 0.236 e. The summed E-state index contributed by atoms with van der Waals surface area (Å²) in [7, 11) is 0. The van der Waals surface area contributed by atoms with E-state index in [2.05, 4.69) is 20.5 Å². The summed E-state index contributed by atoms with van der Waals surface area (Å²) in [4.78, 5) is 17.4. The van der Waals surface area contributed by atoms with E-state index in [1.165, 1.54) is 24.0 Å². The number of thioether (sulfide) groups is 1. The molecular formula is C19H13Cl2N5OS2. The first-order valence-corrected chi connectivity index (χ1v) is 11.0. The molecule has 146 valence electrons. The van der Waals surface area contributed by atoms with Crippen molar-refractivity contribution in [3.8, 4) is 16.4 Å². The van der Waals surface area contributed by atoms with Gasteiger partial charge in [-0.05, 0) is 29.6 Å². The van der Waals surface area contributed by atoms with E-state index in [0.717, 1.165) is 16.4 Å². The minimum Gasteiger partial charge on any atom is -0.309 e. The number of nitrogens with zero attached hydrogens (tertiary/aromatic N) is 4. The first kappa shape index (κ1) is 19.9. The number of aromatic nitrogens is 4. The summed E-state index contributed by atoms with van der Waals surface area (Å²) >= 11 is 14.8. The van der Waals surface area contributed by atoms with Crippen LogP contribution in [-0.4, -0.2) is 31.4 Å². The van der Waals surface area contributed by atoms with Crippen molar-refractivity contribution >= 4 is 58.0 Å². The fourth-order valence-corrected chi connectivity index (χ4v) is 4.42. The Labute approximate surface area is 184 Å². The molecule has 0 bridgehead atoms. The van der Waals surface area contributed by atoms with E-state index in [4.69, 9.17) is 23.2 Å². The van der Waals surface area contributed by atoms with Crippen molar-refractivity contribution in [1.29, 1.82) is 0 Å². The molecule has 4 rings (SSSR count). The first-order chi connectivity index (χ1) is 14.1. The largest absolute Gasteiger partial charge is 0.309 e. The highest BCUT2D eigenvalue weighted by Crippen LogP contribution is 2.30. The van der Waals surface area contributed by atoms with Crippen LogP contribution in [0.2, 0.25) is 10.0 Å². The Morgan fingerprint density at radius 1 is 1.14 bits per heavy atom. The molecule has 1 amide bonds. The molecule has 10 heteroatoms. The third kappa shape index (κ3) is 4.62. The number of para-hydroxylation sites is 1. The average Bonchev–Trinajstić information content (AvgIpc) is 3.38. The maximum atomic E-state index is 12.4. The zero-order chi connectivity index (χ0) is 20.2. The summed E-state index contributed by atoms with van der Waals surface area (Å²) in [6.45, 7) is 0. The molecule has 3 heterocycles. The normalized spacial score (nSPS) is 10.8. The molecule has 1 N–H and O–H groups in total. The quantitative estimate of drug-likeness (QED) is 0.387. The summed E-state index contributed by atoms with van der Waals surface area (Å²) in [5, 5.41) is 14.6. The van der Waals surface area contributed by atoms with E-state index >= 15 is 0 Å². The van der Waals surface area contributed by atoms with Gasteiger partial charge in [-0.3, -0.25) is 9.36 Å². The third-order valence-corrected chi connectivity index (χ3v) is 6.08. The van der Waals surface area contributed by atoms with E-state index in [1.54, 1.807) is 11.3 Å². The Morgan fingerprint density at radius 2 is 1.97 bits per heavy atom. The molecule has 6 nitrogen and oxygen atoms in total. The number of benzene rings is 1. The molecule has 0 aliphatic carbocycles. The Hall–Kier alpha value is -2.39. The second-order valence-corrected chi connectivity index (χ2v) is 8.51. The molecule has 29 heavy (non-hydrogen) atoms. The fourth-order valence-electron chi connectivity index (χ4n) is 2.54. The summed E-state index contributed by atoms with van der Waals surface area (Å²) in [6, 6.07) is 15.3. The van der Waals surface area contributed by atoms with Crippen LogP contribution >= 0.6 is 46.3 Å². The molecule has 3 aromatic heterocycles. The maximum absolute atomic E-state index is 12.4. The van der Waals surface area contributed by atoms with Gasteiger partial charge in [0.15, 0.2) is 16.8 Å². The lowest BCUT2D eigenvalue weighted by atomic mass is 10.3. The van der Waals surface area contributed by atoms with Crippen molar-refractivity contribution in [2.75, 3.05) is 11.1 Å². The highest BCUT2D eigenvalue weighted by atomic mass is 35.5. The minimum absolute atomic E-state index is 0.121. The lowest BCUT2D eigenvalue weighted by Gasteiger charge is -2.10. The van der Waals surface area contributed by atoms with Gasteiger partial charge in [0.2, 0.25) is 5.91 Å². The number of hydrogen-bond acceptors (Lipinski definition) is 6. The molecular weight excluding hydrogens is 449 g/mol. The van der Waals surface area contributed by atoms with Crippen LogP contribution in [0.4, 0.5) is 5.82 Å². The molecule has 0 unspecified atom stereocenters.